The highest BCUT2D eigenvalue weighted by Gasteiger charge is 2.14. The summed E-state index contributed by atoms with van der Waals surface area (Å²) in [7, 11) is 3.01. The molecule has 0 radical (unpaired) electrons. The molecular formula is C11H16N2O3. The number of carbonyl (C=O) groups excluding carboxylic acids is 1. The molecule has 0 aromatic carbocycles. The van der Waals surface area contributed by atoms with E-state index in [4.69, 9.17) is 9.47 Å². The van der Waals surface area contributed by atoms with Gasteiger partial charge in [-0.05, 0) is 26.0 Å². The first-order valence-corrected chi connectivity index (χ1v) is 4.93. The van der Waals surface area contributed by atoms with Crippen LogP contribution in [0.1, 0.15) is 12.6 Å². The van der Waals surface area contributed by atoms with Crippen LogP contribution in [-0.4, -0.2) is 31.2 Å². The molecule has 1 atom stereocenters. The van der Waals surface area contributed by atoms with Crippen molar-refractivity contribution in [3.8, 4) is 5.75 Å². The van der Waals surface area contributed by atoms with Crippen LogP contribution < -0.4 is 10.1 Å². The van der Waals surface area contributed by atoms with E-state index in [1.807, 2.05) is 13.0 Å². The first-order valence-electron chi connectivity index (χ1n) is 4.93. The summed E-state index contributed by atoms with van der Waals surface area (Å²) in [6.07, 6.45) is -0.521. The van der Waals surface area contributed by atoms with Crippen molar-refractivity contribution in [3.05, 3.63) is 17.8 Å². The lowest BCUT2D eigenvalue weighted by Gasteiger charge is -2.12. The Balaban J connectivity index is 2.87. The number of rotatable bonds is 4. The van der Waals surface area contributed by atoms with Gasteiger partial charge in [0.05, 0.1) is 7.11 Å². The number of nitrogens with one attached hydrogen (secondary N) is 1. The monoisotopic (exact) mass is 224 g/mol. The highest BCUT2D eigenvalue weighted by molar-refractivity contribution is 5.94. The number of methoxy groups -OCH3 is 2. The van der Waals surface area contributed by atoms with Crippen molar-refractivity contribution in [2.24, 2.45) is 0 Å². The Hall–Kier alpha value is -1.62. The van der Waals surface area contributed by atoms with Crippen LogP contribution in [0.5, 0.6) is 5.75 Å². The van der Waals surface area contributed by atoms with Gasteiger partial charge in [0, 0.05) is 12.8 Å². The third-order valence-corrected chi connectivity index (χ3v) is 2.18. The second-order valence-corrected chi connectivity index (χ2v) is 3.37. The molecule has 0 spiro atoms. The van der Waals surface area contributed by atoms with E-state index in [1.54, 1.807) is 13.0 Å². The minimum Gasteiger partial charge on any atom is -0.493 e. The molecule has 0 saturated carbocycles. The Morgan fingerprint density at radius 3 is 2.69 bits per heavy atom. The van der Waals surface area contributed by atoms with Crippen LogP contribution in [0.2, 0.25) is 0 Å². The molecular weight excluding hydrogens is 208 g/mol. The molecule has 0 aliphatic rings. The minimum absolute atomic E-state index is 0.251. The number of carbonyl (C=O) groups is 1. The second kappa shape index (κ2) is 5.46. The summed E-state index contributed by atoms with van der Waals surface area (Å²) in [6.45, 7) is 3.51. The molecule has 1 aromatic rings. The van der Waals surface area contributed by atoms with Crippen molar-refractivity contribution in [2.45, 2.75) is 20.0 Å². The first kappa shape index (κ1) is 12.4. The molecule has 0 aliphatic heterocycles. The maximum Gasteiger partial charge on any atom is 0.254 e. The lowest BCUT2D eigenvalue weighted by atomic mass is 10.3. The molecule has 5 heteroatoms. The summed E-state index contributed by atoms with van der Waals surface area (Å²) >= 11 is 0. The third kappa shape index (κ3) is 2.93. The maximum absolute atomic E-state index is 11.6. The van der Waals surface area contributed by atoms with Gasteiger partial charge in [-0.3, -0.25) is 4.79 Å². The van der Waals surface area contributed by atoms with Gasteiger partial charge in [0.2, 0.25) is 0 Å². The van der Waals surface area contributed by atoms with Crippen molar-refractivity contribution in [2.75, 3.05) is 19.5 Å². The molecule has 0 bridgehead atoms. The predicted molar refractivity (Wildman–Crippen MR) is 60.6 cm³/mol. The highest BCUT2D eigenvalue weighted by Crippen LogP contribution is 2.21. The Morgan fingerprint density at radius 2 is 2.12 bits per heavy atom. The van der Waals surface area contributed by atoms with Crippen LogP contribution in [0.25, 0.3) is 0 Å². The van der Waals surface area contributed by atoms with Crippen LogP contribution in [0.3, 0.4) is 0 Å². The molecule has 5 nitrogen and oxygen atoms in total. The van der Waals surface area contributed by atoms with Gasteiger partial charge in [-0.25, -0.2) is 4.98 Å². The van der Waals surface area contributed by atoms with E-state index >= 15 is 0 Å². The van der Waals surface area contributed by atoms with E-state index in [-0.39, 0.29) is 5.91 Å². The summed E-state index contributed by atoms with van der Waals surface area (Å²) in [4.78, 5) is 15.8. The van der Waals surface area contributed by atoms with Gasteiger partial charge in [-0.15, -0.1) is 0 Å². The number of hydrogen-bond acceptors (Lipinski definition) is 4. The van der Waals surface area contributed by atoms with E-state index in [1.165, 1.54) is 14.2 Å². The smallest absolute Gasteiger partial charge is 0.254 e. The molecule has 1 N–H and O–H groups in total. The molecule has 16 heavy (non-hydrogen) atoms. The SMILES string of the molecule is COc1ccc(C)nc1NC(=O)C(C)OC. The highest BCUT2D eigenvalue weighted by atomic mass is 16.5. The summed E-state index contributed by atoms with van der Waals surface area (Å²) in [5.41, 5.74) is 0.807. The molecule has 0 fully saturated rings. The van der Waals surface area contributed by atoms with E-state index in [0.29, 0.717) is 11.6 Å². The van der Waals surface area contributed by atoms with Gasteiger partial charge in [0.25, 0.3) is 5.91 Å². The van der Waals surface area contributed by atoms with Crippen molar-refractivity contribution in [1.82, 2.24) is 4.98 Å². The van der Waals surface area contributed by atoms with Gasteiger partial charge in [-0.2, -0.15) is 0 Å². The minimum atomic E-state index is -0.521. The molecule has 1 aromatic heterocycles. The lowest BCUT2D eigenvalue weighted by molar-refractivity contribution is -0.124. The zero-order chi connectivity index (χ0) is 12.1. The van der Waals surface area contributed by atoms with Crippen molar-refractivity contribution in [3.63, 3.8) is 0 Å². The summed E-state index contributed by atoms with van der Waals surface area (Å²) in [6, 6.07) is 3.57. The number of nitrogens with zero attached hydrogens (tertiary/aromatic N) is 1. The fourth-order valence-corrected chi connectivity index (χ4v) is 1.12. The zero-order valence-electron chi connectivity index (χ0n) is 9.90. The number of amides is 1. The lowest BCUT2D eigenvalue weighted by Crippen LogP contribution is -2.27. The molecule has 0 aliphatic carbocycles. The Kier molecular flexibility index (Phi) is 4.25. The van der Waals surface area contributed by atoms with Gasteiger partial charge in [0.1, 0.15) is 6.10 Å². The van der Waals surface area contributed by atoms with Crippen LogP contribution in [0.15, 0.2) is 12.1 Å². The van der Waals surface area contributed by atoms with Crippen molar-refractivity contribution < 1.29 is 14.3 Å². The van der Waals surface area contributed by atoms with E-state index in [9.17, 15) is 4.79 Å². The van der Waals surface area contributed by atoms with Crippen LogP contribution in [0.4, 0.5) is 5.82 Å². The number of aromatic nitrogens is 1. The van der Waals surface area contributed by atoms with Crippen LogP contribution in [0, 0.1) is 6.92 Å². The molecule has 1 unspecified atom stereocenters. The normalized spacial score (nSPS) is 12.0. The van der Waals surface area contributed by atoms with E-state index < -0.39 is 6.10 Å². The zero-order valence-corrected chi connectivity index (χ0v) is 9.90. The van der Waals surface area contributed by atoms with Crippen LogP contribution in [-0.2, 0) is 9.53 Å². The van der Waals surface area contributed by atoms with Crippen molar-refractivity contribution >= 4 is 11.7 Å². The summed E-state index contributed by atoms with van der Waals surface area (Å²) < 4.78 is 10.0. The molecule has 1 heterocycles. The average Bonchev–Trinajstić information content (AvgIpc) is 2.28. The number of hydrogen-bond donors (Lipinski definition) is 1. The van der Waals surface area contributed by atoms with Crippen molar-refractivity contribution in [1.29, 1.82) is 0 Å². The van der Waals surface area contributed by atoms with E-state index in [2.05, 4.69) is 10.3 Å². The number of aryl methyl sites for hydroxylation is 1. The summed E-state index contributed by atoms with van der Waals surface area (Å²) in [5.74, 6) is 0.692. The van der Waals surface area contributed by atoms with Gasteiger partial charge >= 0.3 is 0 Å². The Labute approximate surface area is 94.8 Å². The second-order valence-electron chi connectivity index (χ2n) is 3.37. The van der Waals surface area contributed by atoms with Gasteiger partial charge in [-0.1, -0.05) is 0 Å². The largest absolute Gasteiger partial charge is 0.493 e. The maximum atomic E-state index is 11.6. The molecule has 1 rings (SSSR count). The molecule has 1 amide bonds. The summed E-state index contributed by atoms with van der Waals surface area (Å²) in [5, 5.41) is 2.65. The fraction of sp³-hybridized carbons (Fsp3) is 0.455. The quantitative estimate of drug-likeness (QED) is 0.839. The topological polar surface area (TPSA) is 60.5 Å². The van der Waals surface area contributed by atoms with Gasteiger partial charge in [0.15, 0.2) is 11.6 Å². The number of pyridine rings is 1. The fourth-order valence-electron chi connectivity index (χ4n) is 1.12. The molecule has 88 valence electrons. The Bertz CT molecular complexity index is 379. The predicted octanol–water partition coefficient (Wildman–Crippen LogP) is 1.37. The molecule has 0 saturated heterocycles. The third-order valence-electron chi connectivity index (χ3n) is 2.18. The van der Waals surface area contributed by atoms with Crippen LogP contribution >= 0.6 is 0 Å². The Morgan fingerprint density at radius 1 is 1.44 bits per heavy atom. The number of anilines is 1. The average molecular weight is 224 g/mol. The number of ether oxygens (including phenoxy) is 2. The standard InChI is InChI=1S/C11H16N2O3/c1-7-5-6-9(16-4)10(12-7)13-11(14)8(2)15-3/h5-6,8H,1-4H3,(H,12,13,14). The van der Waals surface area contributed by atoms with Gasteiger partial charge < -0.3 is 14.8 Å². The first-order chi connectivity index (χ1) is 7.58. The van der Waals surface area contributed by atoms with E-state index in [0.717, 1.165) is 5.69 Å².